The number of unbranched alkanes of at least 4 members (excludes halogenated alkanes) is 3. The molecule has 12 nitrogen and oxygen atoms in total. The van der Waals surface area contributed by atoms with E-state index in [9.17, 15) is 9.36 Å². The normalized spacial score (nSPS) is 13.8. The van der Waals surface area contributed by atoms with Crippen molar-refractivity contribution in [3.8, 4) is 0 Å². The maximum absolute atomic E-state index is 14.3. The van der Waals surface area contributed by atoms with Crippen LogP contribution in [0, 0.1) is 11.8 Å². The van der Waals surface area contributed by atoms with Crippen LogP contribution < -0.4 is 10.4 Å². The van der Waals surface area contributed by atoms with Crippen molar-refractivity contribution in [3.63, 3.8) is 0 Å². The summed E-state index contributed by atoms with van der Waals surface area (Å²) in [4.78, 5) is 26.4. The van der Waals surface area contributed by atoms with Gasteiger partial charge in [0.15, 0.2) is 17.0 Å². The zero-order valence-electron chi connectivity index (χ0n) is 29.4. The second-order valence-electron chi connectivity index (χ2n) is 13.4. The smallest absolute Gasteiger partial charge is 0.365 e. The van der Waals surface area contributed by atoms with Gasteiger partial charge in [0.25, 0.3) is 0 Å². The Morgan fingerprint density at radius 3 is 2.36 bits per heavy atom. The monoisotopic (exact) mass is 671 g/mol. The number of anilines is 2. The van der Waals surface area contributed by atoms with Crippen LogP contribution in [0.1, 0.15) is 93.9 Å². The first-order chi connectivity index (χ1) is 22.3. The lowest BCUT2D eigenvalue weighted by molar-refractivity contribution is -0.149. The van der Waals surface area contributed by atoms with E-state index in [-0.39, 0.29) is 6.35 Å². The summed E-state index contributed by atoms with van der Waals surface area (Å²) >= 11 is 0. The quantitative estimate of drug-likeness (QED) is 0.0375. The average Bonchev–Trinajstić information content (AvgIpc) is 3.42. The molecule has 0 amide bonds. The lowest BCUT2D eigenvalue weighted by Gasteiger charge is -2.29. The summed E-state index contributed by atoms with van der Waals surface area (Å²) in [7, 11) is -3.84. The number of hydrogen-bond acceptors (Lipinski definition) is 10. The highest BCUT2D eigenvalue weighted by Crippen LogP contribution is 2.46. The van der Waals surface area contributed by atoms with Gasteiger partial charge in [0, 0.05) is 5.69 Å². The molecule has 2 N–H and O–H groups in total. The largest absolute Gasteiger partial charge is 0.464 e. The minimum atomic E-state index is -3.84. The standard InChI is InChI=1S/C34H54N7O5P/c1-9-10-11-15-18-44-33(42)34(7,8)40-47(43,46-39-29(19-25(2)3)20-26(4)5)24-45-27(6)21-41-23-37-30-31(35-22-36-32(30)41)38-28-16-13-12-14-17-28/h12-14,16-17,22-23,25-27H,9-11,15,18-21,24H2,1-8H3,(H,40,43)(H,35,36,38)/t27-,47+/m1/s1. The molecule has 3 aromatic rings. The highest BCUT2D eigenvalue weighted by Gasteiger charge is 2.40. The third kappa shape index (κ3) is 12.7. The molecule has 2 aromatic heterocycles. The molecule has 3 rings (SSSR count). The average molecular weight is 672 g/mol. The zero-order valence-corrected chi connectivity index (χ0v) is 30.3. The summed E-state index contributed by atoms with van der Waals surface area (Å²) in [6.45, 7) is 16.3. The minimum absolute atomic E-state index is 0.304. The van der Waals surface area contributed by atoms with E-state index in [1.54, 1.807) is 20.2 Å². The number of rotatable bonds is 21. The number of benzene rings is 1. The van der Waals surface area contributed by atoms with Crippen LogP contribution in [0.25, 0.3) is 11.2 Å². The maximum atomic E-state index is 14.3. The van der Waals surface area contributed by atoms with Crippen molar-refractivity contribution < 1.29 is 23.5 Å². The first-order valence-corrected chi connectivity index (χ1v) is 18.5. The van der Waals surface area contributed by atoms with Crippen LogP contribution >= 0.6 is 7.52 Å². The number of aromatic nitrogens is 4. The number of carbonyl (C=O) groups is 1. The third-order valence-electron chi connectivity index (χ3n) is 7.20. The van der Waals surface area contributed by atoms with Gasteiger partial charge in [0.1, 0.15) is 18.2 Å². The van der Waals surface area contributed by atoms with Crippen LogP contribution in [-0.4, -0.2) is 55.8 Å². The molecule has 47 heavy (non-hydrogen) atoms. The minimum Gasteiger partial charge on any atom is -0.464 e. The molecule has 1 aromatic carbocycles. The summed E-state index contributed by atoms with van der Waals surface area (Å²) in [6, 6.07) is 9.72. The lowest BCUT2D eigenvalue weighted by atomic mass is 9.99. The van der Waals surface area contributed by atoms with Crippen molar-refractivity contribution in [3.05, 3.63) is 43.0 Å². The van der Waals surface area contributed by atoms with Gasteiger partial charge in [0.05, 0.1) is 31.3 Å². The van der Waals surface area contributed by atoms with Gasteiger partial charge < -0.3 is 24.0 Å². The number of esters is 1. The fraction of sp³-hybridized carbons (Fsp3) is 0.618. The Hall–Kier alpha value is -3.34. The van der Waals surface area contributed by atoms with E-state index in [1.165, 1.54) is 6.33 Å². The van der Waals surface area contributed by atoms with Gasteiger partial charge in [-0.15, -0.1) is 0 Å². The number of oxime groups is 1. The summed E-state index contributed by atoms with van der Waals surface area (Å²) in [5.74, 6) is 0.766. The van der Waals surface area contributed by atoms with Crippen molar-refractivity contribution in [1.29, 1.82) is 0 Å². The molecule has 13 heteroatoms. The van der Waals surface area contributed by atoms with Crippen LogP contribution in [0.4, 0.5) is 11.5 Å². The number of para-hydroxylation sites is 1. The second kappa shape index (κ2) is 18.3. The van der Waals surface area contributed by atoms with Gasteiger partial charge in [0.2, 0.25) is 0 Å². The molecule has 0 bridgehead atoms. The maximum Gasteiger partial charge on any atom is 0.365 e. The molecule has 0 aliphatic carbocycles. The molecule has 260 valence electrons. The van der Waals surface area contributed by atoms with E-state index < -0.39 is 25.1 Å². The molecule has 0 aliphatic rings. The Labute approximate surface area is 280 Å². The van der Waals surface area contributed by atoms with Crippen LogP contribution in [0.2, 0.25) is 0 Å². The van der Waals surface area contributed by atoms with E-state index in [2.05, 4.69) is 65.1 Å². The third-order valence-corrected chi connectivity index (χ3v) is 8.94. The Balaban J connectivity index is 1.75. The molecule has 0 fully saturated rings. The van der Waals surface area contributed by atoms with Gasteiger partial charge in [-0.2, -0.15) is 0 Å². The molecule has 0 spiro atoms. The molecule has 2 atom stereocenters. The zero-order chi connectivity index (χ0) is 34.5. The number of nitrogens with zero attached hydrogens (tertiary/aromatic N) is 5. The van der Waals surface area contributed by atoms with Crippen LogP contribution in [-0.2, 0) is 30.0 Å². The fourth-order valence-corrected chi connectivity index (χ4v) is 6.76. The summed E-state index contributed by atoms with van der Waals surface area (Å²) in [6.07, 6.45) is 7.77. The predicted molar refractivity (Wildman–Crippen MR) is 188 cm³/mol. The Kier molecular flexibility index (Phi) is 14.8. The van der Waals surface area contributed by atoms with Crippen molar-refractivity contribution in [2.24, 2.45) is 17.0 Å². The van der Waals surface area contributed by atoms with Crippen LogP contribution in [0.3, 0.4) is 0 Å². The van der Waals surface area contributed by atoms with Crippen molar-refractivity contribution in [2.45, 2.75) is 112 Å². The van der Waals surface area contributed by atoms with E-state index in [4.69, 9.17) is 14.1 Å². The van der Waals surface area contributed by atoms with Gasteiger partial charge >= 0.3 is 13.5 Å². The highest BCUT2D eigenvalue weighted by atomic mass is 31.2. The first kappa shape index (κ1) is 38.1. The molecule has 2 heterocycles. The predicted octanol–water partition coefficient (Wildman–Crippen LogP) is 8.08. The van der Waals surface area contributed by atoms with Gasteiger partial charge in [-0.25, -0.2) is 20.0 Å². The van der Waals surface area contributed by atoms with E-state index in [0.29, 0.717) is 54.8 Å². The van der Waals surface area contributed by atoms with Gasteiger partial charge in [-0.1, -0.05) is 77.2 Å². The molecule has 0 aliphatic heterocycles. The number of hydrogen-bond donors (Lipinski definition) is 2. The number of fused-ring (bicyclic) bond motifs is 1. The van der Waals surface area contributed by atoms with Gasteiger partial charge in [-0.3, -0.25) is 9.36 Å². The topological polar surface area (TPSA) is 142 Å². The van der Waals surface area contributed by atoms with Crippen LogP contribution in [0.15, 0.2) is 48.1 Å². The molecule has 0 unspecified atom stereocenters. The van der Waals surface area contributed by atoms with Crippen molar-refractivity contribution >= 4 is 41.9 Å². The Bertz CT molecular complexity index is 1460. The molecular formula is C34H54N7O5P. The molecule has 0 saturated heterocycles. The fourth-order valence-electron chi connectivity index (χ4n) is 4.96. The summed E-state index contributed by atoms with van der Waals surface area (Å²) in [5.41, 5.74) is 1.64. The van der Waals surface area contributed by atoms with Crippen LogP contribution in [0.5, 0.6) is 0 Å². The van der Waals surface area contributed by atoms with E-state index in [0.717, 1.165) is 37.1 Å². The number of nitrogens with one attached hydrogen (secondary N) is 2. The molecular weight excluding hydrogens is 617 g/mol. The summed E-state index contributed by atoms with van der Waals surface area (Å²) in [5, 5.41) is 10.6. The molecule has 0 radical (unpaired) electrons. The summed E-state index contributed by atoms with van der Waals surface area (Å²) < 4.78 is 33.7. The van der Waals surface area contributed by atoms with E-state index in [1.807, 2.05) is 41.8 Å². The van der Waals surface area contributed by atoms with Gasteiger partial charge in [-0.05, 0) is 64.0 Å². The van der Waals surface area contributed by atoms with E-state index >= 15 is 0 Å². The van der Waals surface area contributed by atoms with Crippen molar-refractivity contribution in [2.75, 3.05) is 18.3 Å². The Morgan fingerprint density at radius 2 is 1.70 bits per heavy atom. The first-order valence-electron chi connectivity index (χ1n) is 16.7. The molecule has 0 saturated carbocycles. The highest BCUT2D eigenvalue weighted by molar-refractivity contribution is 7.56. The van der Waals surface area contributed by atoms with Crippen molar-refractivity contribution in [1.82, 2.24) is 24.6 Å². The lowest BCUT2D eigenvalue weighted by Crippen LogP contribution is -2.47. The SMILES string of the molecule is CCCCCCOC(=O)C(C)(C)N[P@](=O)(CO[C@H](C)Cn1cnc2c(Nc3ccccc3)ncnc21)ON=C(CC(C)C)CC(C)C. The Morgan fingerprint density at radius 1 is 1.00 bits per heavy atom. The number of carbonyl (C=O) groups excluding carboxylic acids is 1. The number of ether oxygens (including phenoxy) is 2. The second-order valence-corrected chi connectivity index (χ2v) is 15.4. The number of imidazole rings is 1.